The molecule has 0 saturated carbocycles. The van der Waals surface area contributed by atoms with E-state index in [1.807, 2.05) is 18.2 Å². The summed E-state index contributed by atoms with van der Waals surface area (Å²) in [6.45, 7) is 0.665. The molecule has 0 aromatic heterocycles. The monoisotopic (exact) mass is 191 g/mol. The molecule has 0 atom stereocenters. The van der Waals surface area contributed by atoms with Gasteiger partial charge in [-0.05, 0) is 5.56 Å². The average molecular weight is 191 g/mol. The van der Waals surface area contributed by atoms with E-state index in [9.17, 15) is 10.1 Å². The molecule has 1 aromatic carbocycles. The Morgan fingerprint density at radius 3 is 3.14 bits per heavy atom. The molecule has 14 heavy (non-hydrogen) atoms. The molecule has 0 saturated heterocycles. The lowest BCUT2D eigenvalue weighted by Crippen LogP contribution is -1.88. The third-order valence-electron chi connectivity index (χ3n) is 2.12. The van der Waals surface area contributed by atoms with Gasteiger partial charge in [0.1, 0.15) is 5.75 Å². The molecule has 1 aliphatic rings. The quantitative estimate of drug-likeness (QED) is 0.529. The summed E-state index contributed by atoms with van der Waals surface area (Å²) in [6, 6.07) is 5.67. The minimum absolute atomic E-state index is 0.478. The maximum absolute atomic E-state index is 10.2. The van der Waals surface area contributed by atoms with Gasteiger partial charge in [0.05, 0.1) is 11.5 Å². The minimum Gasteiger partial charge on any atom is -0.492 e. The maximum Gasteiger partial charge on any atom is 0.235 e. The lowest BCUT2D eigenvalue weighted by Gasteiger charge is -2.01. The van der Waals surface area contributed by atoms with Crippen molar-refractivity contribution in [3.8, 4) is 5.75 Å². The molecule has 1 heterocycles. The van der Waals surface area contributed by atoms with E-state index >= 15 is 0 Å². The standard InChI is InChI=1S/C10H9NO3/c12-11(13)6-4-8-2-1-3-9-5-7-14-10(8)9/h1-4,6H,5,7H2/b6-4+. The number of nitro groups is 1. The van der Waals surface area contributed by atoms with Gasteiger partial charge in [-0.15, -0.1) is 0 Å². The van der Waals surface area contributed by atoms with E-state index in [-0.39, 0.29) is 0 Å². The Morgan fingerprint density at radius 2 is 2.36 bits per heavy atom. The van der Waals surface area contributed by atoms with Gasteiger partial charge >= 0.3 is 0 Å². The lowest BCUT2D eigenvalue weighted by molar-refractivity contribution is -0.400. The first kappa shape index (κ1) is 8.74. The second kappa shape index (κ2) is 3.49. The number of nitrogens with zero attached hydrogens (tertiary/aromatic N) is 1. The van der Waals surface area contributed by atoms with Crippen molar-refractivity contribution in [3.63, 3.8) is 0 Å². The molecular formula is C10H9NO3. The highest BCUT2D eigenvalue weighted by atomic mass is 16.6. The molecule has 1 aliphatic heterocycles. The van der Waals surface area contributed by atoms with Crippen molar-refractivity contribution in [1.82, 2.24) is 0 Å². The number of benzene rings is 1. The highest BCUT2D eigenvalue weighted by Gasteiger charge is 2.14. The van der Waals surface area contributed by atoms with Gasteiger partial charge in [0.25, 0.3) is 0 Å². The number of para-hydroxylation sites is 1. The first-order valence-electron chi connectivity index (χ1n) is 4.34. The highest BCUT2D eigenvalue weighted by Crippen LogP contribution is 2.30. The molecule has 72 valence electrons. The van der Waals surface area contributed by atoms with E-state index in [0.29, 0.717) is 6.61 Å². The van der Waals surface area contributed by atoms with E-state index in [4.69, 9.17) is 4.74 Å². The molecule has 0 aliphatic carbocycles. The summed E-state index contributed by atoms with van der Waals surface area (Å²) < 4.78 is 5.39. The normalized spacial score (nSPS) is 14.0. The maximum atomic E-state index is 10.2. The molecule has 0 radical (unpaired) electrons. The van der Waals surface area contributed by atoms with Crippen LogP contribution in [0.15, 0.2) is 24.4 Å². The summed E-state index contributed by atoms with van der Waals surface area (Å²) in [7, 11) is 0. The van der Waals surface area contributed by atoms with Crippen LogP contribution in [0.5, 0.6) is 5.75 Å². The topological polar surface area (TPSA) is 52.4 Å². The summed E-state index contributed by atoms with van der Waals surface area (Å²) >= 11 is 0. The number of hydrogen-bond acceptors (Lipinski definition) is 3. The summed E-state index contributed by atoms with van der Waals surface area (Å²) in [6.07, 6.45) is 3.27. The number of fused-ring (bicyclic) bond motifs is 1. The van der Waals surface area contributed by atoms with E-state index in [0.717, 1.165) is 29.5 Å². The van der Waals surface area contributed by atoms with Crippen molar-refractivity contribution < 1.29 is 9.66 Å². The van der Waals surface area contributed by atoms with Crippen LogP contribution in [0.25, 0.3) is 6.08 Å². The van der Waals surface area contributed by atoms with Gasteiger partial charge in [-0.3, -0.25) is 10.1 Å². The zero-order valence-electron chi connectivity index (χ0n) is 7.47. The third kappa shape index (κ3) is 1.59. The van der Waals surface area contributed by atoms with Gasteiger partial charge in [-0.25, -0.2) is 0 Å². The van der Waals surface area contributed by atoms with Crippen molar-refractivity contribution in [2.45, 2.75) is 6.42 Å². The van der Waals surface area contributed by atoms with Gasteiger partial charge in [0, 0.05) is 18.1 Å². The first-order chi connectivity index (χ1) is 6.77. The molecular weight excluding hydrogens is 182 g/mol. The van der Waals surface area contributed by atoms with Crippen LogP contribution in [0.3, 0.4) is 0 Å². The summed E-state index contributed by atoms with van der Waals surface area (Å²) in [4.78, 5) is 9.67. The fraction of sp³-hybridized carbons (Fsp3) is 0.200. The minimum atomic E-state index is -0.478. The van der Waals surface area contributed by atoms with Crippen molar-refractivity contribution in [2.75, 3.05) is 6.61 Å². The Hall–Kier alpha value is -1.84. The zero-order valence-corrected chi connectivity index (χ0v) is 7.47. The van der Waals surface area contributed by atoms with Crippen molar-refractivity contribution in [1.29, 1.82) is 0 Å². The van der Waals surface area contributed by atoms with Crippen molar-refractivity contribution in [3.05, 3.63) is 45.6 Å². The SMILES string of the molecule is O=[N+]([O-])/C=C/c1cccc2c1OCC2. The Bertz CT molecular complexity index is 398. The van der Waals surface area contributed by atoms with Crippen LogP contribution in [0.2, 0.25) is 0 Å². The lowest BCUT2D eigenvalue weighted by atomic mass is 10.1. The van der Waals surface area contributed by atoms with Crippen molar-refractivity contribution >= 4 is 6.08 Å². The van der Waals surface area contributed by atoms with E-state index in [1.54, 1.807) is 0 Å². The Balaban J connectivity index is 2.35. The molecule has 0 amide bonds. The summed E-state index contributed by atoms with van der Waals surface area (Å²) in [5, 5.41) is 10.2. The summed E-state index contributed by atoms with van der Waals surface area (Å²) in [5.74, 6) is 0.783. The molecule has 0 bridgehead atoms. The third-order valence-corrected chi connectivity index (χ3v) is 2.12. The zero-order chi connectivity index (χ0) is 9.97. The second-order valence-corrected chi connectivity index (χ2v) is 3.04. The molecule has 0 N–H and O–H groups in total. The van der Waals surface area contributed by atoms with Crippen LogP contribution < -0.4 is 4.74 Å². The highest BCUT2D eigenvalue weighted by molar-refractivity contribution is 5.60. The van der Waals surface area contributed by atoms with Crippen LogP contribution in [0.1, 0.15) is 11.1 Å². The molecule has 0 spiro atoms. The molecule has 4 heteroatoms. The molecule has 4 nitrogen and oxygen atoms in total. The summed E-state index contributed by atoms with van der Waals surface area (Å²) in [5.41, 5.74) is 1.90. The molecule has 0 fully saturated rings. The van der Waals surface area contributed by atoms with Crippen LogP contribution in [-0.2, 0) is 6.42 Å². The van der Waals surface area contributed by atoms with Gasteiger partial charge < -0.3 is 4.74 Å². The fourth-order valence-electron chi connectivity index (χ4n) is 1.51. The predicted octanol–water partition coefficient (Wildman–Crippen LogP) is 1.87. The largest absolute Gasteiger partial charge is 0.492 e. The van der Waals surface area contributed by atoms with Crippen LogP contribution in [-0.4, -0.2) is 11.5 Å². The number of rotatable bonds is 2. The van der Waals surface area contributed by atoms with E-state index in [1.165, 1.54) is 6.08 Å². The van der Waals surface area contributed by atoms with E-state index in [2.05, 4.69) is 0 Å². The first-order valence-corrected chi connectivity index (χ1v) is 4.34. The Morgan fingerprint density at radius 1 is 1.50 bits per heavy atom. The van der Waals surface area contributed by atoms with Gasteiger partial charge in [-0.1, -0.05) is 18.2 Å². The second-order valence-electron chi connectivity index (χ2n) is 3.04. The van der Waals surface area contributed by atoms with Crippen LogP contribution in [0, 0.1) is 10.1 Å². The van der Waals surface area contributed by atoms with Gasteiger partial charge in [0.15, 0.2) is 0 Å². The molecule has 1 aromatic rings. The van der Waals surface area contributed by atoms with Crippen LogP contribution >= 0.6 is 0 Å². The Labute approximate surface area is 81.0 Å². The van der Waals surface area contributed by atoms with Gasteiger partial charge in [0.2, 0.25) is 6.20 Å². The molecule has 2 rings (SSSR count). The Kier molecular flexibility index (Phi) is 2.18. The van der Waals surface area contributed by atoms with Crippen molar-refractivity contribution in [2.24, 2.45) is 0 Å². The smallest absolute Gasteiger partial charge is 0.235 e. The van der Waals surface area contributed by atoms with Gasteiger partial charge in [-0.2, -0.15) is 0 Å². The van der Waals surface area contributed by atoms with E-state index < -0.39 is 4.92 Å². The fourth-order valence-corrected chi connectivity index (χ4v) is 1.51. The number of ether oxygens (including phenoxy) is 1. The number of hydrogen-bond donors (Lipinski definition) is 0. The average Bonchev–Trinajstić information content (AvgIpc) is 2.62. The predicted molar refractivity (Wildman–Crippen MR) is 51.7 cm³/mol. The molecule has 0 unspecified atom stereocenters. The van der Waals surface area contributed by atoms with Crippen LogP contribution in [0.4, 0.5) is 0 Å².